The van der Waals surface area contributed by atoms with E-state index in [-0.39, 0.29) is 17.3 Å². The van der Waals surface area contributed by atoms with Crippen molar-refractivity contribution in [2.75, 3.05) is 9.62 Å². The molecule has 6 nitrogen and oxygen atoms in total. The number of sulfonamides is 1. The van der Waals surface area contributed by atoms with Gasteiger partial charge in [-0.15, -0.1) is 0 Å². The van der Waals surface area contributed by atoms with E-state index in [0.29, 0.717) is 22.5 Å². The molecule has 0 aromatic heterocycles. The first-order valence-corrected chi connectivity index (χ1v) is 12.8. The summed E-state index contributed by atoms with van der Waals surface area (Å²) in [5, 5.41) is 12.0. The number of benzene rings is 4. The Morgan fingerprint density at radius 1 is 0.861 bits per heavy atom. The number of hydrogen-bond donors (Lipinski definition) is 1. The molecule has 4 aromatic rings. The molecule has 0 atom stereocenters. The number of carbonyl (C=O) groups excluding carboxylic acids is 1. The van der Waals surface area contributed by atoms with Gasteiger partial charge in [0.15, 0.2) is 0 Å². The van der Waals surface area contributed by atoms with Crippen molar-refractivity contribution >= 4 is 27.3 Å². The number of carbonyl (C=O) groups is 1. The minimum absolute atomic E-state index is 0.116. The molecule has 0 spiro atoms. The zero-order valence-electron chi connectivity index (χ0n) is 20.0. The van der Waals surface area contributed by atoms with Crippen LogP contribution in [0.1, 0.15) is 32.6 Å². The summed E-state index contributed by atoms with van der Waals surface area (Å²) in [5.41, 5.74) is 4.53. The van der Waals surface area contributed by atoms with Crippen molar-refractivity contribution in [3.63, 3.8) is 0 Å². The third-order valence-electron chi connectivity index (χ3n) is 5.94. The molecule has 180 valence electrons. The van der Waals surface area contributed by atoms with E-state index in [9.17, 15) is 18.5 Å². The highest BCUT2D eigenvalue weighted by molar-refractivity contribution is 7.92. The highest BCUT2D eigenvalue weighted by Crippen LogP contribution is 2.28. The first-order valence-electron chi connectivity index (χ1n) is 11.3. The lowest BCUT2D eigenvalue weighted by Crippen LogP contribution is -2.30. The van der Waals surface area contributed by atoms with Crippen LogP contribution in [0.5, 0.6) is 0 Å². The topological polar surface area (TPSA) is 90.3 Å². The first-order chi connectivity index (χ1) is 17.3. The lowest BCUT2D eigenvalue weighted by Gasteiger charge is -2.25. The molecular weight excluding hydrogens is 470 g/mol. The van der Waals surface area contributed by atoms with Crippen molar-refractivity contribution in [2.45, 2.75) is 25.3 Å². The van der Waals surface area contributed by atoms with Crippen LogP contribution in [0.2, 0.25) is 0 Å². The number of amides is 1. The minimum Gasteiger partial charge on any atom is -0.322 e. The molecule has 7 heteroatoms. The van der Waals surface area contributed by atoms with Gasteiger partial charge < -0.3 is 5.32 Å². The molecule has 0 radical (unpaired) electrons. The number of nitrogens with one attached hydrogen (secondary N) is 1. The van der Waals surface area contributed by atoms with E-state index < -0.39 is 10.0 Å². The fourth-order valence-corrected chi connectivity index (χ4v) is 5.22. The van der Waals surface area contributed by atoms with Crippen molar-refractivity contribution in [1.29, 1.82) is 5.26 Å². The molecule has 0 aliphatic rings. The molecular formula is C29H25N3O3S. The van der Waals surface area contributed by atoms with Crippen LogP contribution in [0.25, 0.3) is 0 Å². The second kappa shape index (κ2) is 10.5. The van der Waals surface area contributed by atoms with Gasteiger partial charge in [-0.1, -0.05) is 48.5 Å². The van der Waals surface area contributed by atoms with Crippen LogP contribution in [-0.4, -0.2) is 14.3 Å². The molecule has 0 saturated heterocycles. The van der Waals surface area contributed by atoms with E-state index in [1.807, 2.05) is 38.1 Å². The molecule has 1 N–H and O–H groups in total. The van der Waals surface area contributed by atoms with Gasteiger partial charge in [0.05, 0.1) is 34.3 Å². The van der Waals surface area contributed by atoms with Crippen LogP contribution in [0, 0.1) is 25.2 Å². The van der Waals surface area contributed by atoms with Gasteiger partial charge >= 0.3 is 0 Å². The maximum absolute atomic E-state index is 13.6. The molecule has 0 aliphatic heterocycles. The Morgan fingerprint density at radius 3 is 2.19 bits per heavy atom. The summed E-state index contributed by atoms with van der Waals surface area (Å²) in [6, 6.07) is 29.5. The van der Waals surface area contributed by atoms with Crippen molar-refractivity contribution in [2.24, 2.45) is 0 Å². The Balaban J connectivity index is 1.61. The van der Waals surface area contributed by atoms with Gasteiger partial charge in [0.1, 0.15) is 0 Å². The highest BCUT2D eigenvalue weighted by atomic mass is 32.2. The van der Waals surface area contributed by atoms with E-state index in [1.165, 1.54) is 4.31 Å². The van der Waals surface area contributed by atoms with Crippen molar-refractivity contribution in [3.8, 4) is 6.07 Å². The van der Waals surface area contributed by atoms with Gasteiger partial charge in [-0.05, 0) is 79.1 Å². The average Bonchev–Trinajstić information content (AvgIpc) is 2.90. The molecule has 0 unspecified atom stereocenters. The van der Waals surface area contributed by atoms with Crippen LogP contribution >= 0.6 is 0 Å². The maximum Gasteiger partial charge on any atom is 0.264 e. The van der Waals surface area contributed by atoms with Gasteiger partial charge in [0.25, 0.3) is 15.9 Å². The highest BCUT2D eigenvalue weighted by Gasteiger charge is 2.25. The summed E-state index contributed by atoms with van der Waals surface area (Å²) in [7, 11) is -3.82. The van der Waals surface area contributed by atoms with E-state index in [1.54, 1.807) is 78.9 Å². The molecule has 0 heterocycles. The van der Waals surface area contributed by atoms with Gasteiger partial charge in [0, 0.05) is 5.69 Å². The van der Waals surface area contributed by atoms with E-state index in [0.717, 1.165) is 16.7 Å². The van der Waals surface area contributed by atoms with E-state index in [2.05, 4.69) is 5.32 Å². The molecule has 36 heavy (non-hydrogen) atoms. The second-order valence-corrected chi connectivity index (χ2v) is 10.3. The van der Waals surface area contributed by atoms with Gasteiger partial charge in [-0.25, -0.2) is 8.42 Å². The molecule has 4 rings (SSSR count). The number of rotatable bonds is 7. The second-order valence-electron chi connectivity index (χ2n) is 8.40. The van der Waals surface area contributed by atoms with Crippen LogP contribution < -0.4 is 9.62 Å². The smallest absolute Gasteiger partial charge is 0.264 e. The standard InChI is InChI=1S/C29H25N3O3S/c1-21-12-17-26(18-22(21)2)32(36(34,35)27-9-4-3-5-10-27)20-23-13-15-25(16-14-23)31-29(33)28-11-7-6-8-24(28)19-30/h3-18H,20H2,1-2H3,(H,31,33). The first kappa shape index (κ1) is 24.7. The fourth-order valence-electron chi connectivity index (χ4n) is 3.75. The summed E-state index contributed by atoms with van der Waals surface area (Å²) in [6.45, 7) is 4.05. The number of aryl methyl sites for hydroxylation is 2. The summed E-state index contributed by atoms with van der Waals surface area (Å²) in [6.07, 6.45) is 0. The lowest BCUT2D eigenvalue weighted by atomic mass is 10.1. The summed E-state index contributed by atoms with van der Waals surface area (Å²) >= 11 is 0. The van der Waals surface area contributed by atoms with Crippen LogP contribution in [-0.2, 0) is 16.6 Å². The summed E-state index contributed by atoms with van der Waals surface area (Å²) < 4.78 is 28.6. The van der Waals surface area contributed by atoms with Crippen molar-refractivity contribution < 1.29 is 13.2 Å². The zero-order valence-corrected chi connectivity index (χ0v) is 20.8. The lowest BCUT2D eigenvalue weighted by molar-refractivity contribution is 0.102. The maximum atomic E-state index is 13.6. The summed E-state index contributed by atoms with van der Waals surface area (Å²) in [5.74, 6) is -0.386. The summed E-state index contributed by atoms with van der Waals surface area (Å²) in [4.78, 5) is 12.9. The monoisotopic (exact) mass is 495 g/mol. The quantitative estimate of drug-likeness (QED) is 0.350. The average molecular weight is 496 g/mol. The van der Waals surface area contributed by atoms with Gasteiger partial charge in [-0.2, -0.15) is 5.26 Å². The Labute approximate surface area is 211 Å². The SMILES string of the molecule is Cc1ccc(N(Cc2ccc(NC(=O)c3ccccc3C#N)cc2)S(=O)(=O)c2ccccc2)cc1C. The van der Waals surface area contributed by atoms with E-state index >= 15 is 0 Å². The van der Waals surface area contributed by atoms with Gasteiger partial charge in [0.2, 0.25) is 0 Å². The normalized spacial score (nSPS) is 10.9. The number of anilines is 2. The van der Waals surface area contributed by atoms with Crippen LogP contribution in [0.3, 0.4) is 0 Å². The molecule has 0 bridgehead atoms. The van der Waals surface area contributed by atoms with Crippen LogP contribution in [0.15, 0.2) is 102 Å². The predicted octanol–water partition coefficient (Wildman–Crippen LogP) is 5.82. The zero-order chi connectivity index (χ0) is 25.7. The molecule has 0 fully saturated rings. The van der Waals surface area contributed by atoms with Gasteiger partial charge in [-0.3, -0.25) is 9.10 Å². The number of nitrogens with zero attached hydrogens (tertiary/aromatic N) is 2. The molecule has 4 aromatic carbocycles. The largest absolute Gasteiger partial charge is 0.322 e. The molecule has 1 amide bonds. The van der Waals surface area contributed by atoms with Crippen molar-refractivity contribution in [1.82, 2.24) is 0 Å². The molecule has 0 aliphatic carbocycles. The Morgan fingerprint density at radius 2 is 1.53 bits per heavy atom. The fraction of sp³-hybridized carbons (Fsp3) is 0.103. The van der Waals surface area contributed by atoms with Crippen LogP contribution in [0.4, 0.5) is 11.4 Å². The van der Waals surface area contributed by atoms with Crippen molar-refractivity contribution in [3.05, 3.63) is 125 Å². The minimum atomic E-state index is -3.82. The Kier molecular flexibility index (Phi) is 7.18. The number of nitriles is 1. The van der Waals surface area contributed by atoms with E-state index in [4.69, 9.17) is 0 Å². The Bertz CT molecular complexity index is 1540. The Hall–Kier alpha value is -4.41. The predicted molar refractivity (Wildman–Crippen MR) is 141 cm³/mol. The third kappa shape index (κ3) is 5.29. The third-order valence-corrected chi connectivity index (χ3v) is 7.73. The molecule has 0 saturated carbocycles. The number of hydrogen-bond acceptors (Lipinski definition) is 4.